The van der Waals surface area contributed by atoms with E-state index in [1.165, 1.54) is 5.56 Å². The maximum Gasteiger partial charge on any atom is 0.422 e. The van der Waals surface area contributed by atoms with E-state index in [4.69, 9.17) is 4.74 Å². The highest BCUT2D eigenvalue weighted by Gasteiger charge is 2.48. The van der Waals surface area contributed by atoms with Gasteiger partial charge in [0, 0.05) is 12.1 Å². The van der Waals surface area contributed by atoms with Crippen molar-refractivity contribution >= 4 is 0 Å². The largest absolute Gasteiger partial charge is 0.432 e. The van der Waals surface area contributed by atoms with Crippen molar-refractivity contribution in [1.82, 2.24) is 0 Å². The fourth-order valence-corrected chi connectivity index (χ4v) is 5.94. The molecule has 2 saturated carbocycles. The molecule has 0 unspecified atom stereocenters. The number of halogens is 9. The highest BCUT2D eigenvalue weighted by atomic mass is 19.4. The van der Waals surface area contributed by atoms with E-state index in [1.807, 2.05) is 30.3 Å². The van der Waals surface area contributed by atoms with E-state index in [1.54, 1.807) is 0 Å². The fraction of sp³-hybridized carbons (Fsp3) is 0.548. The lowest BCUT2D eigenvalue weighted by atomic mass is 9.78. The molecule has 42 heavy (non-hydrogen) atoms. The van der Waals surface area contributed by atoms with Gasteiger partial charge in [-0.2, -0.15) is 30.7 Å². The lowest BCUT2D eigenvalue weighted by Gasteiger charge is -2.38. The molecule has 11 heteroatoms. The van der Waals surface area contributed by atoms with Crippen molar-refractivity contribution in [3.8, 4) is 5.75 Å². The SMILES string of the molecule is C=CCCc1ccc(C2CCC(C(F)(F)OC3CCC(C(F)(F)Oc4cc(F)c(C(F)(F)F)c(F)c4)CC3)CC2)cc1. The van der Waals surface area contributed by atoms with Crippen LogP contribution in [0, 0.1) is 23.5 Å². The molecular formula is C31H33F9O2. The third kappa shape index (κ3) is 7.82. The molecule has 2 aliphatic carbocycles. The first kappa shape index (κ1) is 32.2. The number of hydrogen-bond acceptors (Lipinski definition) is 2. The van der Waals surface area contributed by atoms with Crippen LogP contribution in [0.4, 0.5) is 39.5 Å². The van der Waals surface area contributed by atoms with E-state index in [-0.39, 0.29) is 56.6 Å². The molecule has 0 atom stereocenters. The molecule has 0 amide bonds. The second kappa shape index (κ2) is 12.9. The van der Waals surface area contributed by atoms with Crippen molar-refractivity contribution in [3.63, 3.8) is 0 Å². The molecule has 0 radical (unpaired) electrons. The summed E-state index contributed by atoms with van der Waals surface area (Å²) in [4.78, 5) is 0. The van der Waals surface area contributed by atoms with Crippen molar-refractivity contribution in [2.75, 3.05) is 0 Å². The van der Waals surface area contributed by atoms with Crippen molar-refractivity contribution in [1.29, 1.82) is 0 Å². The molecule has 0 aliphatic heterocycles. The number of aryl methyl sites for hydroxylation is 1. The third-order valence-electron chi connectivity index (χ3n) is 8.32. The van der Waals surface area contributed by atoms with E-state index in [2.05, 4.69) is 11.3 Å². The molecule has 2 fully saturated rings. The molecule has 0 N–H and O–H groups in total. The predicted octanol–water partition coefficient (Wildman–Crippen LogP) is 10.2. The Morgan fingerprint density at radius 3 is 1.79 bits per heavy atom. The third-order valence-corrected chi connectivity index (χ3v) is 8.32. The Labute approximate surface area is 238 Å². The van der Waals surface area contributed by atoms with Gasteiger partial charge in [-0.1, -0.05) is 30.3 Å². The number of ether oxygens (including phenoxy) is 2. The highest BCUT2D eigenvalue weighted by molar-refractivity contribution is 5.32. The quantitative estimate of drug-likeness (QED) is 0.197. The maximum atomic E-state index is 15.1. The molecule has 4 rings (SSSR count). The van der Waals surface area contributed by atoms with Crippen molar-refractivity contribution in [3.05, 3.63) is 77.4 Å². The zero-order valence-electron chi connectivity index (χ0n) is 22.8. The van der Waals surface area contributed by atoms with Gasteiger partial charge < -0.3 is 9.47 Å². The zero-order chi connectivity index (χ0) is 30.7. The molecule has 2 aromatic rings. The summed E-state index contributed by atoms with van der Waals surface area (Å²) in [5.41, 5.74) is 0.0933. The van der Waals surface area contributed by atoms with Gasteiger partial charge in [-0.15, -0.1) is 6.58 Å². The highest BCUT2D eigenvalue weighted by Crippen LogP contribution is 2.46. The second-order valence-electron chi connectivity index (χ2n) is 11.2. The van der Waals surface area contributed by atoms with Crippen LogP contribution in [0.2, 0.25) is 0 Å². The Morgan fingerprint density at radius 1 is 0.738 bits per heavy atom. The molecule has 232 valence electrons. The molecule has 0 bridgehead atoms. The van der Waals surface area contributed by atoms with Crippen molar-refractivity contribution in [2.45, 2.75) is 94.6 Å². The Kier molecular flexibility index (Phi) is 9.89. The topological polar surface area (TPSA) is 18.5 Å². The van der Waals surface area contributed by atoms with Gasteiger partial charge in [-0.3, -0.25) is 0 Å². The first-order chi connectivity index (χ1) is 19.7. The van der Waals surface area contributed by atoms with Gasteiger partial charge in [-0.25, -0.2) is 8.78 Å². The second-order valence-corrected chi connectivity index (χ2v) is 11.2. The van der Waals surface area contributed by atoms with Gasteiger partial charge in [0.2, 0.25) is 0 Å². The summed E-state index contributed by atoms with van der Waals surface area (Å²) in [7, 11) is 0. The number of rotatable bonds is 10. The van der Waals surface area contributed by atoms with Gasteiger partial charge in [-0.05, 0) is 81.3 Å². The van der Waals surface area contributed by atoms with Crippen LogP contribution in [-0.4, -0.2) is 18.3 Å². The van der Waals surface area contributed by atoms with Gasteiger partial charge in [0.1, 0.15) is 22.9 Å². The number of hydrogen-bond donors (Lipinski definition) is 0. The van der Waals surface area contributed by atoms with Gasteiger partial charge >= 0.3 is 18.4 Å². The minimum absolute atomic E-state index is 0.0449. The first-order valence-corrected chi connectivity index (χ1v) is 14.1. The molecule has 2 aromatic carbocycles. The summed E-state index contributed by atoms with van der Waals surface area (Å²) < 4.78 is 135. The predicted molar refractivity (Wildman–Crippen MR) is 138 cm³/mol. The smallest absolute Gasteiger partial charge is 0.422 e. The van der Waals surface area contributed by atoms with Crippen LogP contribution in [0.25, 0.3) is 0 Å². The molecule has 0 saturated heterocycles. The molecule has 2 nitrogen and oxygen atoms in total. The molecule has 2 aliphatic rings. The standard InChI is InChI=1S/C31H33F9O2/c1-2-3-4-19-5-7-20(8-6-19)21-9-11-22(12-10-21)30(37,38)41-24-15-13-23(14-16-24)31(39,40)42-25-17-26(32)28(27(33)18-25)29(34,35)36/h2,5-8,17-18,21-24H,1,3-4,9-16H2. The summed E-state index contributed by atoms with van der Waals surface area (Å²) in [6, 6.07) is 8.27. The number of alkyl halides is 7. The molecule has 0 spiro atoms. The first-order valence-electron chi connectivity index (χ1n) is 14.1. The molecule has 0 heterocycles. The van der Waals surface area contributed by atoms with Gasteiger partial charge in [0.05, 0.1) is 17.9 Å². The van der Waals surface area contributed by atoms with Crippen molar-refractivity contribution in [2.24, 2.45) is 11.8 Å². The van der Waals surface area contributed by atoms with Crippen LogP contribution < -0.4 is 4.74 Å². The summed E-state index contributed by atoms with van der Waals surface area (Å²) in [6.45, 7) is 3.72. The van der Waals surface area contributed by atoms with E-state index in [0.29, 0.717) is 12.8 Å². The van der Waals surface area contributed by atoms with Crippen LogP contribution >= 0.6 is 0 Å². The minimum Gasteiger partial charge on any atom is -0.432 e. The summed E-state index contributed by atoms with van der Waals surface area (Å²) in [5, 5.41) is 0. The zero-order valence-corrected chi connectivity index (χ0v) is 22.8. The van der Waals surface area contributed by atoms with E-state index in [0.717, 1.165) is 18.4 Å². The van der Waals surface area contributed by atoms with E-state index in [9.17, 15) is 30.7 Å². The van der Waals surface area contributed by atoms with Crippen LogP contribution in [0.5, 0.6) is 5.75 Å². The Balaban J connectivity index is 1.26. The average Bonchev–Trinajstić information content (AvgIpc) is 2.91. The van der Waals surface area contributed by atoms with Crippen LogP contribution in [-0.2, 0) is 17.3 Å². The number of allylic oxidation sites excluding steroid dienone is 1. The molecule has 0 aromatic heterocycles. The lowest BCUT2D eigenvalue weighted by Crippen LogP contribution is -2.42. The average molecular weight is 609 g/mol. The molecular weight excluding hydrogens is 575 g/mol. The van der Waals surface area contributed by atoms with Gasteiger partial charge in [0.25, 0.3) is 0 Å². The Hall–Kier alpha value is -2.69. The van der Waals surface area contributed by atoms with Crippen LogP contribution in [0.15, 0.2) is 49.1 Å². The Morgan fingerprint density at radius 2 is 1.26 bits per heavy atom. The van der Waals surface area contributed by atoms with Crippen LogP contribution in [0.1, 0.15) is 80.4 Å². The normalized spacial score (nSPS) is 23.9. The lowest BCUT2D eigenvalue weighted by molar-refractivity contribution is -0.305. The minimum atomic E-state index is -5.35. The van der Waals surface area contributed by atoms with Crippen molar-refractivity contribution < 1.29 is 49.0 Å². The summed E-state index contributed by atoms with van der Waals surface area (Å²) in [6.07, 6.45) is -9.24. The summed E-state index contributed by atoms with van der Waals surface area (Å²) in [5.74, 6) is -7.59. The maximum absolute atomic E-state index is 15.1. The van der Waals surface area contributed by atoms with E-state index < -0.39 is 59.3 Å². The van der Waals surface area contributed by atoms with E-state index >= 15 is 8.78 Å². The number of benzene rings is 2. The fourth-order valence-electron chi connectivity index (χ4n) is 5.94. The summed E-state index contributed by atoms with van der Waals surface area (Å²) >= 11 is 0. The van der Waals surface area contributed by atoms with Crippen LogP contribution in [0.3, 0.4) is 0 Å². The Bertz CT molecular complexity index is 1170. The monoisotopic (exact) mass is 608 g/mol. The van der Waals surface area contributed by atoms with Gasteiger partial charge in [0.15, 0.2) is 0 Å².